The molecule has 3 aromatic rings. The molecule has 2 nitrogen and oxygen atoms in total. The van der Waals surface area contributed by atoms with E-state index in [0.29, 0.717) is 10.0 Å². The van der Waals surface area contributed by atoms with Gasteiger partial charge in [0, 0.05) is 11.6 Å². The molecule has 0 radical (unpaired) electrons. The molecule has 1 aromatic carbocycles. The second-order valence-electron chi connectivity index (χ2n) is 3.94. The summed E-state index contributed by atoms with van der Waals surface area (Å²) in [6, 6.07) is 9.58. The van der Waals surface area contributed by atoms with Crippen LogP contribution in [0.5, 0.6) is 0 Å². The van der Waals surface area contributed by atoms with Gasteiger partial charge in [-0.25, -0.2) is 9.38 Å². The number of aromatic nitrogens is 2. The average Bonchev–Trinajstić information content (AvgIpc) is 2.75. The second kappa shape index (κ2) is 5.83. The molecule has 0 atom stereocenters. The number of imidazole rings is 1. The van der Waals surface area contributed by atoms with Crippen LogP contribution in [-0.2, 0) is 0 Å². The van der Waals surface area contributed by atoms with E-state index >= 15 is 0 Å². The lowest BCUT2D eigenvalue weighted by molar-refractivity contribution is -0.510. The summed E-state index contributed by atoms with van der Waals surface area (Å²) in [6.07, 6.45) is 4.01. The molecule has 0 saturated heterocycles. The molecule has 98 valence electrons. The van der Waals surface area contributed by atoms with E-state index in [4.69, 9.17) is 23.2 Å². The van der Waals surface area contributed by atoms with Crippen LogP contribution in [0, 0.1) is 0 Å². The first-order valence-corrected chi connectivity index (χ1v) is 6.83. The van der Waals surface area contributed by atoms with E-state index in [9.17, 15) is 0 Å². The predicted octanol–water partition coefficient (Wildman–Crippen LogP) is 1.49. The second-order valence-corrected chi connectivity index (χ2v) is 5.67. The standard InChI is InChI=1S/C13H7BrCl2N2.BrH/c14-9-2-4-13-17-12(7-18(13)6-9)8-1-3-10(15)11(16)5-8;/h1-7H;1H. The minimum atomic E-state index is 0. The van der Waals surface area contributed by atoms with Gasteiger partial charge in [-0.2, -0.15) is 0 Å². The maximum atomic E-state index is 6.03. The molecule has 0 spiro atoms. The first kappa shape index (κ1) is 14.9. The van der Waals surface area contributed by atoms with Crippen molar-refractivity contribution in [1.29, 1.82) is 0 Å². The van der Waals surface area contributed by atoms with Crippen LogP contribution in [-0.4, -0.2) is 4.98 Å². The number of fused-ring (bicyclic) bond motifs is 1. The number of nitrogens with one attached hydrogen (secondary N) is 1. The molecule has 2 heterocycles. The van der Waals surface area contributed by atoms with Crippen molar-refractivity contribution in [2.24, 2.45) is 0 Å². The highest BCUT2D eigenvalue weighted by Crippen LogP contribution is 2.27. The molecule has 3 rings (SSSR count). The van der Waals surface area contributed by atoms with E-state index in [-0.39, 0.29) is 17.0 Å². The third kappa shape index (κ3) is 2.97. The van der Waals surface area contributed by atoms with Crippen molar-refractivity contribution in [3.63, 3.8) is 0 Å². The maximum absolute atomic E-state index is 6.03. The predicted molar refractivity (Wildman–Crippen MR) is 77.1 cm³/mol. The summed E-state index contributed by atoms with van der Waals surface area (Å²) in [7, 11) is 0. The summed E-state index contributed by atoms with van der Waals surface area (Å²) in [4.78, 5) is 3.33. The van der Waals surface area contributed by atoms with Gasteiger partial charge in [0.25, 0.3) is 5.65 Å². The van der Waals surface area contributed by atoms with E-state index in [1.807, 2.05) is 41.1 Å². The van der Waals surface area contributed by atoms with Crippen molar-refractivity contribution in [3.05, 3.63) is 57.2 Å². The van der Waals surface area contributed by atoms with Gasteiger partial charge >= 0.3 is 0 Å². The van der Waals surface area contributed by atoms with Crippen LogP contribution in [0.1, 0.15) is 0 Å². The molecule has 0 aliphatic heterocycles. The Balaban J connectivity index is 0.00000133. The van der Waals surface area contributed by atoms with Gasteiger partial charge in [0.1, 0.15) is 12.4 Å². The quantitative estimate of drug-likeness (QED) is 0.573. The van der Waals surface area contributed by atoms with Crippen LogP contribution in [0.25, 0.3) is 16.9 Å². The van der Waals surface area contributed by atoms with Gasteiger partial charge in [-0.15, -0.1) is 0 Å². The first-order valence-electron chi connectivity index (χ1n) is 5.28. The van der Waals surface area contributed by atoms with Gasteiger partial charge in [-0.1, -0.05) is 23.2 Å². The summed E-state index contributed by atoms with van der Waals surface area (Å²) in [5, 5.41) is 1.12. The number of halogens is 4. The molecule has 0 bridgehead atoms. The monoisotopic (exact) mass is 420 g/mol. The van der Waals surface area contributed by atoms with Crippen LogP contribution in [0.4, 0.5) is 0 Å². The molecular weight excluding hydrogens is 415 g/mol. The Morgan fingerprint density at radius 1 is 1.00 bits per heavy atom. The Morgan fingerprint density at radius 2 is 1.79 bits per heavy atom. The third-order valence-corrected chi connectivity index (χ3v) is 3.91. The highest BCUT2D eigenvalue weighted by atomic mass is 79.9. The minimum absolute atomic E-state index is 0. The van der Waals surface area contributed by atoms with Gasteiger partial charge in [-0.05, 0) is 40.2 Å². The van der Waals surface area contributed by atoms with Crippen LogP contribution in [0.2, 0.25) is 10.0 Å². The lowest BCUT2D eigenvalue weighted by atomic mass is 10.2. The van der Waals surface area contributed by atoms with Gasteiger partial charge in [0.2, 0.25) is 0 Å². The zero-order chi connectivity index (χ0) is 12.7. The van der Waals surface area contributed by atoms with Crippen molar-refractivity contribution < 1.29 is 21.4 Å². The summed E-state index contributed by atoms with van der Waals surface area (Å²) >= 11 is 15.4. The molecule has 0 saturated carbocycles. The summed E-state index contributed by atoms with van der Waals surface area (Å²) in [5.74, 6) is 0. The zero-order valence-electron chi connectivity index (χ0n) is 9.50. The fourth-order valence-corrected chi connectivity index (χ4v) is 2.47. The highest BCUT2D eigenvalue weighted by molar-refractivity contribution is 9.10. The number of H-pyrrole nitrogens is 1. The highest BCUT2D eigenvalue weighted by Gasteiger charge is 2.12. The molecule has 0 fully saturated rings. The van der Waals surface area contributed by atoms with Crippen molar-refractivity contribution >= 4 is 44.8 Å². The molecule has 0 aliphatic rings. The van der Waals surface area contributed by atoms with Gasteiger partial charge in [0.15, 0.2) is 5.69 Å². The van der Waals surface area contributed by atoms with E-state index < -0.39 is 0 Å². The molecular formula is C13H8Br2Cl2N2. The van der Waals surface area contributed by atoms with Crippen LogP contribution < -0.4 is 21.4 Å². The zero-order valence-corrected chi connectivity index (χ0v) is 14.2. The van der Waals surface area contributed by atoms with Crippen molar-refractivity contribution in [3.8, 4) is 11.3 Å². The maximum Gasteiger partial charge on any atom is 0.284 e. The van der Waals surface area contributed by atoms with Gasteiger partial charge in [0.05, 0.1) is 14.5 Å². The van der Waals surface area contributed by atoms with Crippen LogP contribution >= 0.6 is 39.1 Å². The summed E-state index contributed by atoms with van der Waals surface area (Å²) in [5.41, 5.74) is 3.01. The van der Waals surface area contributed by atoms with E-state index in [2.05, 4.69) is 20.9 Å². The molecule has 0 unspecified atom stereocenters. The van der Waals surface area contributed by atoms with E-state index in [1.54, 1.807) is 6.07 Å². The Hall–Kier alpha value is -0.550. The van der Waals surface area contributed by atoms with Crippen molar-refractivity contribution in [2.45, 2.75) is 0 Å². The smallest absolute Gasteiger partial charge is 0.284 e. The largest absolute Gasteiger partial charge is 1.00 e. The first-order chi connectivity index (χ1) is 8.63. The fraction of sp³-hybridized carbons (Fsp3) is 0. The Kier molecular flexibility index (Phi) is 4.56. The Labute approximate surface area is 139 Å². The number of hydrogen-bond donors (Lipinski definition) is 1. The lowest BCUT2D eigenvalue weighted by Gasteiger charge is -1.97. The number of benzene rings is 1. The van der Waals surface area contributed by atoms with Crippen molar-refractivity contribution in [1.82, 2.24) is 4.98 Å². The molecule has 6 heteroatoms. The van der Waals surface area contributed by atoms with Gasteiger partial charge in [-0.3, -0.25) is 0 Å². The normalized spacial score (nSPS) is 10.5. The molecule has 1 N–H and O–H groups in total. The third-order valence-electron chi connectivity index (χ3n) is 2.70. The number of aromatic amines is 1. The molecule has 19 heavy (non-hydrogen) atoms. The molecule has 0 aliphatic carbocycles. The number of nitrogens with zero attached hydrogens (tertiary/aromatic N) is 1. The number of pyridine rings is 1. The molecule has 2 aromatic heterocycles. The van der Waals surface area contributed by atoms with Crippen LogP contribution in [0.15, 0.2) is 47.2 Å². The number of rotatable bonds is 1. The van der Waals surface area contributed by atoms with Gasteiger partial charge < -0.3 is 17.0 Å². The topological polar surface area (TPSA) is 19.9 Å². The SMILES string of the molecule is Clc1ccc(-c2c[n+]3cc(Br)ccc3[nH]2)cc1Cl.[Br-]. The number of hydrogen-bond acceptors (Lipinski definition) is 0. The Morgan fingerprint density at radius 3 is 2.53 bits per heavy atom. The van der Waals surface area contributed by atoms with Crippen LogP contribution in [0.3, 0.4) is 0 Å². The van der Waals surface area contributed by atoms with E-state index in [0.717, 1.165) is 21.4 Å². The minimum Gasteiger partial charge on any atom is -1.00 e. The molecule has 0 amide bonds. The fourth-order valence-electron chi connectivity index (χ4n) is 1.82. The lowest BCUT2D eigenvalue weighted by Crippen LogP contribution is -3.00. The van der Waals surface area contributed by atoms with E-state index in [1.165, 1.54) is 0 Å². The Bertz CT molecular complexity index is 741. The summed E-state index contributed by atoms with van der Waals surface area (Å²) in [6.45, 7) is 0. The van der Waals surface area contributed by atoms with Crippen molar-refractivity contribution in [2.75, 3.05) is 0 Å². The summed E-state index contributed by atoms with van der Waals surface area (Å²) < 4.78 is 3.04. The average molecular weight is 423 g/mol.